The van der Waals surface area contributed by atoms with E-state index >= 15 is 0 Å². The summed E-state index contributed by atoms with van der Waals surface area (Å²) in [6.45, 7) is 7.59. The van der Waals surface area contributed by atoms with Crippen LogP contribution >= 0.6 is 0 Å². The highest BCUT2D eigenvalue weighted by atomic mass is 16.6. The van der Waals surface area contributed by atoms with Gasteiger partial charge in [0.25, 0.3) is 5.69 Å². The van der Waals surface area contributed by atoms with E-state index in [1.807, 2.05) is 16.8 Å². The van der Waals surface area contributed by atoms with E-state index in [0.29, 0.717) is 37.1 Å². The first-order chi connectivity index (χ1) is 16.7. The minimum absolute atomic E-state index is 0.0310. The molecule has 1 aromatic heterocycles. The van der Waals surface area contributed by atoms with Crippen molar-refractivity contribution in [3.8, 4) is 22.9 Å². The zero-order valence-electron chi connectivity index (χ0n) is 20.8. The molecular weight excluding hydrogens is 452 g/mol. The molecule has 0 unspecified atom stereocenters. The molecule has 0 spiro atoms. The predicted molar refractivity (Wildman–Crippen MR) is 131 cm³/mol. The Labute approximate surface area is 204 Å². The van der Waals surface area contributed by atoms with Gasteiger partial charge in [-0.05, 0) is 29.8 Å². The minimum atomic E-state index is -0.409. The average molecular weight is 483 g/mol. The molecule has 0 saturated carbocycles. The summed E-state index contributed by atoms with van der Waals surface area (Å²) in [5, 5.41) is 16.1. The third-order valence-corrected chi connectivity index (χ3v) is 5.86. The maximum absolute atomic E-state index is 11.2. The van der Waals surface area contributed by atoms with Gasteiger partial charge in [0.2, 0.25) is 5.75 Å². The van der Waals surface area contributed by atoms with Crippen LogP contribution in [0.5, 0.6) is 17.2 Å². The van der Waals surface area contributed by atoms with Gasteiger partial charge < -0.3 is 23.8 Å². The highest BCUT2D eigenvalue weighted by Gasteiger charge is 2.33. The molecule has 2 heterocycles. The summed E-state index contributed by atoms with van der Waals surface area (Å²) >= 11 is 0. The molecule has 10 heteroatoms. The van der Waals surface area contributed by atoms with E-state index in [9.17, 15) is 10.1 Å². The number of nitro groups is 1. The second kappa shape index (κ2) is 9.46. The first kappa shape index (κ1) is 24.3. The number of hydrogen-bond acceptors (Lipinski definition) is 8. The molecule has 0 saturated heterocycles. The lowest BCUT2D eigenvalue weighted by Gasteiger charge is -2.31. The molecule has 4 rings (SSSR count). The normalized spacial score (nSPS) is 13.4. The second-order valence-electron chi connectivity index (χ2n) is 9.30. The van der Waals surface area contributed by atoms with E-state index in [4.69, 9.17) is 24.0 Å². The van der Waals surface area contributed by atoms with Crippen molar-refractivity contribution in [2.24, 2.45) is 0 Å². The predicted octanol–water partition coefficient (Wildman–Crippen LogP) is 4.60. The Balaban J connectivity index is 1.82. The van der Waals surface area contributed by atoms with Crippen molar-refractivity contribution in [2.75, 3.05) is 33.0 Å². The van der Waals surface area contributed by atoms with E-state index in [0.717, 1.165) is 28.3 Å². The third-order valence-electron chi connectivity index (χ3n) is 5.86. The topological polar surface area (TPSA) is 101 Å². The molecular formula is C25H30N4O6. The standard InChI is InChI=1S/C25H30N4O6/c1-25(2,3)23-19-14-35-15-27(13-16-11-20(32-4)22(34-6)21(12-16)33-5)24(19)28(26-23)17-7-9-18(10-8-17)29(30)31/h7-12H,13-15H2,1-6H3. The van der Waals surface area contributed by atoms with Gasteiger partial charge in [-0.3, -0.25) is 10.1 Å². The number of nitro benzene ring substituents is 1. The number of aromatic nitrogens is 2. The van der Waals surface area contributed by atoms with Crippen LogP contribution in [0.25, 0.3) is 5.69 Å². The van der Waals surface area contributed by atoms with E-state index in [-0.39, 0.29) is 11.1 Å². The van der Waals surface area contributed by atoms with Crippen molar-refractivity contribution in [1.82, 2.24) is 9.78 Å². The summed E-state index contributed by atoms with van der Waals surface area (Å²) < 4.78 is 24.3. The van der Waals surface area contributed by atoms with Gasteiger partial charge in [-0.25, -0.2) is 4.68 Å². The molecule has 0 aliphatic carbocycles. The number of methoxy groups -OCH3 is 3. The summed E-state index contributed by atoms with van der Waals surface area (Å²) in [5.41, 5.74) is 3.39. The molecule has 0 N–H and O–H groups in total. The maximum Gasteiger partial charge on any atom is 0.269 e. The number of benzene rings is 2. The van der Waals surface area contributed by atoms with E-state index in [2.05, 4.69) is 25.7 Å². The third kappa shape index (κ3) is 4.61. The van der Waals surface area contributed by atoms with Crippen LogP contribution in [0.2, 0.25) is 0 Å². The molecule has 0 bridgehead atoms. The quantitative estimate of drug-likeness (QED) is 0.356. The van der Waals surface area contributed by atoms with Crippen LogP contribution in [0.3, 0.4) is 0 Å². The minimum Gasteiger partial charge on any atom is -0.493 e. The fraction of sp³-hybridized carbons (Fsp3) is 0.400. The molecule has 3 aromatic rings. The zero-order valence-corrected chi connectivity index (χ0v) is 20.8. The Morgan fingerprint density at radius 3 is 2.20 bits per heavy atom. The number of rotatable bonds is 7. The van der Waals surface area contributed by atoms with E-state index in [1.54, 1.807) is 33.5 Å². The van der Waals surface area contributed by atoms with Gasteiger partial charge in [-0.15, -0.1) is 0 Å². The molecule has 0 fully saturated rings. The van der Waals surface area contributed by atoms with Crippen molar-refractivity contribution >= 4 is 11.5 Å². The van der Waals surface area contributed by atoms with Crippen LogP contribution in [0, 0.1) is 10.1 Å². The summed E-state index contributed by atoms with van der Waals surface area (Å²) in [7, 11) is 4.74. The van der Waals surface area contributed by atoms with Crippen molar-refractivity contribution in [3.63, 3.8) is 0 Å². The number of nitrogens with zero attached hydrogens (tertiary/aromatic N) is 4. The van der Waals surface area contributed by atoms with Gasteiger partial charge in [0, 0.05) is 29.7 Å². The highest BCUT2D eigenvalue weighted by Crippen LogP contribution is 2.41. The second-order valence-corrected chi connectivity index (χ2v) is 9.30. The van der Waals surface area contributed by atoms with Gasteiger partial charge in [0.1, 0.15) is 12.5 Å². The van der Waals surface area contributed by atoms with Crippen LogP contribution in [0.4, 0.5) is 11.5 Å². The van der Waals surface area contributed by atoms with Crippen molar-refractivity contribution in [1.29, 1.82) is 0 Å². The van der Waals surface area contributed by atoms with Gasteiger partial charge >= 0.3 is 0 Å². The number of anilines is 1. The van der Waals surface area contributed by atoms with Gasteiger partial charge in [-0.1, -0.05) is 20.8 Å². The molecule has 1 aliphatic heterocycles. The summed E-state index contributed by atoms with van der Waals surface area (Å²) in [4.78, 5) is 12.8. The Morgan fingerprint density at radius 2 is 1.69 bits per heavy atom. The molecule has 0 radical (unpaired) electrons. The number of non-ortho nitro benzene ring substituents is 1. The first-order valence-electron chi connectivity index (χ1n) is 11.2. The smallest absolute Gasteiger partial charge is 0.269 e. The fourth-order valence-corrected chi connectivity index (χ4v) is 4.28. The SMILES string of the molecule is COc1cc(CN2COCc3c(C(C)(C)C)nn(-c4ccc([N+](=O)[O-])cc4)c32)cc(OC)c1OC. The van der Waals surface area contributed by atoms with Crippen molar-refractivity contribution in [3.05, 3.63) is 63.3 Å². The molecule has 186 valence electrons. The van der Waals surface area contributed by atoms with E-state index < -0.39 is 4.92 Å². The lowest BCUT2D eigenvalue weighted by molar-refractivity contribution is -0.384. The Hall–Kier alpha value is -3.79. The fourth-order valence-electron chi connectivity index (χ4n) is 4.28. The molecule has 1 aliphatic rings. The number of fused-ring (bicyclic) bond motifs is 1. The molecule has 2 aromatic carbocycles. The molecule has 35 heavy (non-hydrogen) atoms. The van der Waals surface area contributed by atoms with E-state index in [1.165, 1.54) is 12.1 Å². The van der Waals surface area contributed by atoms with Crippen LogP contribution in [-0.4, -0.2) is 42.8 Å². The average Bonchev–Trinajstić information content (AvgIpc) is 3.25. The van der Waals surface area contributed by atoms with Gasteiger partial charge in [-0.2, -0.15) is 5.10 Å². The largest absolute Gasteiger partial charge is 0.493 e. The molecule has 0 amide bonds. The Morgan fingerprint density at radius 1 is 1.06 bits per heavy atom. The van der Waals surface area contributed by atoms with Crippen molar-refractivity contribution in [2.45, 2.75) is 39.3 Å². The molecule has 0 atom stereocenters. The highest BCUT2D eigenvalue weighted by molar-refractivity contribution is 5.59. The van der Waals surface area contributed by atoms with Gasteiger partial charge in [0.05, 0.1) is 44.2 Å². The summed E-state index contributed by atoms with van der Waals surface area (Å²) in [6.07, 6.45) is 0. The van der Waals surface area contributed by atoms with Crippen LogP contribution in [-0.2, 0) is 23.3 Å². The maximum atomic E-state index is 11.2. The number of hydrogen-bond donors (Lipinski definition) is 0. The van der Waals surface area contributed by atoms with Crippen LogP contribution < -0.4 is 19.1 Å². The summed E-state index contributed by atoms with van der Waals surface area (Å²) in [6, 6.07) is 10.2. The van der Waals surface area contributed by atoms with Crippen LogP contribution in [0.1, 0.15) is 37.6 Å². The van der Waals surface area contributed by atoms with Crippen LogP contribution in [0.15, 0.2) is 36.4 Å². The zero-order chi connectivity index (χ0) is 25.3. The van der Waals surface area contributed by atoms with Crippen molar-refractivity contribution < 1.29 is 23.9 Å². The van der Waals surface area contributed by atoms with Gasteiger partial charge in [0.15, 0.2) is 11.5 Å². The molecule has 10 nitrogen and oxygen atoms in total. The lowest BCUT2D eigenvalue weighted by Crippen LogP contribution is -2.32. The number of ether oxygens (including phenoxy) is 4. The first-order valence-corrected chi connectivity index (χ1v) is 11.2. The summed E-state index contributed by atoms with van der Waals surface area (Å²) in [5.74, 6) is 2.56. The lowest BCUT2D eigenvalue weighted by atomic mass is 9.89. The Kier molecular flexibility index (Phi) is 6.58. The monoisotopic (exact) mass is 482 g/mol. The Bertz CT molecular complexity index is 1200.